The summed E-state index contributed by atoms with van der Waals surface area (Å²) in [7, 11) is 0. The lowest BCUT2D eigenvalue weighted by Gasteiger charge is -2.05. The van der Waals surface area contributed by atoms with E-state index in [1.54, 1.807) is 13.8 Å². The fraction of sp³-hybridized carbons (Fsp3) is 0.571. The van der Waals surface area contributed by atoms with Crippen LogP contribution in [0.15, 0.2) is 4.79 Å². The zero-order valence-electron chi connectivity index (χ0n) is 7.53. The van der Waals surface area contributed by atoms with Crippen LogP contribution in [-0.2, 0) is 0 Å². The molecule has 0 aliphatic carbocycles. The van der Waals surface area contributed by atoms with Crippen LogP contribution < -0.4 is 10.9 Å². The molecule has 3 N–H and O–H groups in total. The Morgan fingerprint density at radius 1 is 1.62 bits per heavy atom. The van der Waals surface area contributed by atoms with E-state index in [1.807, 2.05) is 0 Å². The smallest absolute Gasteiger partial charge is 0.273 e. The number of nitrogens with one attached hydrogen (secondary N) is 2. The second kappa shape index (κ2) is 3.99. The minimum atomic E-state index is -0.494. The first-order valence-corrected chi connectivity index (χ1v) is 3.95. The SMILES string of the molecule is Cc1nnc(NC[C@H](C)O)[nH]c1=O. The van der Waals surface area contributed by atoms with Gasteiger partial charge in [-0.25, -0.2) is 0 Å². The quantitative estimate of drug-likeness (QED) is 0.576. The molecule has 1 aromatic rings. The Kier molecular flexibility index (Phi) is 2.97. The first kappa shape index (κ1) is 9.66. The largest absolute Gasteiger partial charge is 0.392 e. The maximum atomic E-state index is 11.0. The van der Waals surface area contributed by atoms with Gasteiger partial charge >= 0.3 is 0 Å². The van der Waals surface area contributed by atoms with Gasteiger partial charge in [0.05, 0.1) is 6.10 Å². The van der Waals surface area contributed by atoms with Crippen molar-refractivity contribution in [1.29, 1.82) is 0 Å². The second-order valence-electron chi connectivity index (χ2n) is 2.82. The summed E-state index contributed by atoms with van der Waals surface area (Å²) in [5.41, 5.74) is 0.0469. The zero-order valence-corrected chi connectivity index (χ0v) is 7.53. The van der Waals surface area contributed by atoms with Gasteiger partial charge in [0, 0.05) is 6.54 Å². The van der Waals surface area contributed by atoms with Gasteiger partial charge < -0.3 is 10.4 Å². The molecule has 0 fully saturated rings. The Balaban J connectivity index is 2.69. The van der Waals surface area contributed by atoms with Crippen LogP contribution in [0.25, 0.3) is 0 Å². The summed E-state index contributed by atoms with van der Waals surface area (Å²) in [5.74, 6) is 0.275. The molecule has 0 unspecified atom stereocenters. The average Bonchev–Trinajstić information content (AvgIpc) is 2.07. The van der Waals surface area contributed by atoms with Crippen LogP contribution in [0.2, 0.25) is 0 Å². The van der Waals surface area contributed by atoms with Crippen molar-refractivity contribution in [3.8, 4) is 0 Å². The summed E-state index contributed by atoms with van der Waals surface area (Å²) < 4.78 is 0. The van der Waals surface area contributed by atoms with Crippen molar-refractivity contribution < 1.29 is 5.11 Å². The molecule has 6 nitrogen and oxygen atoms in total. The Bertz CT molecular complexity index is 334. The monoisotopic (exact) mass is 184 g/mol. The van der Waals surface area contributed by atoms with Crippen LogP contribution in [0, 0.1) is 6.92 Å². The lowest BCUT2D eigenvalue weighted by Crippen LogP contribution is -2.21. The van der Waals surface area contributed by atoms with E-state index in [-0.39, 0.29) is 11.5 Å². The number of aromatic amines is 1. The van der Waals surface area contributed by atoms with Gasteiger partial charge in [0.15, 0.2) is 0 Å². The van der Waals surface area contributed by atoms with Crippen LogP contribution in [0.1, 0.15) is 12.6 Å². The van der Waals surface area contributed by atoms with Crippen LogP contribution in [0.3, 0.4) is 0 Å². The number of hydrogen-bond acceptors (Lipinski definition) is 5. The second-order valence-corrected chi connectivity index (χ2v) is 2.82. The van der Waals surface area contributed by atoms with E-state index in [2.05, 4.69) is 20.5 Å². The van der Waals surface area contributed by atoms with Crippen molar-refractivity contribution in [2.75, 3.05) is 11.9 Å². The highest BCUT2D eigenvalue weighted by molar-refractivity contribution is 5.21. The van der Waals surface area contributed by atoms with Gasteiger partial charge in [-0.3, -0.25) is 9.78 Å². The topological polar surface area (TPSA) is 90.9 Å². The molecule has 0 bridgehead atoms. The van der Waals surface area contributed by atoms with Gasteiger partial charge in [-0.2, -0.15) is 0 Å². The molecule has 1 atom stereocenters. The molecular weight excluding hydrogens is 172 g/mol. The summed E-state index contributed by atoms with van der Waals surface area (Å²) in [6.45, 7) is 3.53. The number of aryl methyl sites for hydroxylation is 1. The average molecular weight is 184 g/mol. The lowest BCUT2D eigenvalue weighted by atomic mass is 10.4. The van der Waals surface area contributed by atoms with Gasteiger partial charge in [-0.1, -0.05) is 0 Å². The van der Waals surface area contributed by atoms with Crippen molar-refractivity contribution in [3.05, 3.63) is 16.0 Å². The zero-order chi connectivity index (χ0) is 9.84. The predicted molar refractivity (Wildman–Crippen MR) is 47.6 cm³/mol. The van der Waals surface area contributed by atoms with Gasteiger partial charge in [0.25, 0.3) is 5.56 Å². The van der Waals surface area contributed by atoms with Crippen molar-refractivity contribution in [2.45, 2.75) is 20.0 Å². The standard InChI is InChI=1S/C7H12N4O2/c1-4(12)3-8-7-9-6(13)5(2)10-11-7/h4,12H,3H2,1-2H3,(H2,8,9,11,13)/t4-/m0/s1. The first-order chi connectivity index (χ1) is 6.09. The maximum absolute atomic E-state index is 11.0. The molecule has 72 valence electrons. The number of anilines is 1. The normalized spacial score (nSPS) is 12.5. The molecule has 0 saturated heterocycles. The summed E-state index contributed by atoms with van der Waals surface area (Å²) in [6.07, 6.45) is -0.494. The highest BCUT2D eigenvalue weighted by Gasteiger charge is 2.00. The molecule has 13 heavy (non-hydrogen) atoms. The third-order valence-corrected chi connectivity index (χ3v) is 1.43. The molecule has 1 aromatic heterocycles. The van der Waals surface area contributed by atoms with E-state index in [4.69, 9.17) is 5.11 Å². The molecule has 0 amide bonds. The third-order valence-electron chi connectivity index (χ3n) is 1.43. The number of hydrogen-bond donors (Lipinski definition) is 3. The summed E-state index contributed by atoms with van der Waals surface area (Å²) in [4.78, 5) is 13.5. The van der Waals surface area contributed by atoms with Gasteiger partial charge in [0.1, 0.15) is 5.69 Å². The minimum absolute atomic E-state index is 0.275. The van der Waals surface area contributed by atoms with Crippen molar-refractivity contribution in [1.82, 2.24) is 15.2 Å². The van der Waals surface area contributed by atoms with Crippen molar-refractivity contribution in [3.63, 3.8) is 0 Å². The molecule has 1 heterocycles. The van der Waals surface area contributed by atoms with E-state index in [1.165, 1.54) is 0 Å². The van der Waals surface area contributed by atoms with Crippen LogP contribution in [0.4, 0.5) is 5.95 Å². The highest BCUT2D eigenvalue weighted by atomic mass is 16.3. The highest BCUT2D eigenvalue weighted by Crippen LogP contribution is 1.91. The van der Waals surface area contributed by atoms with Crippen LogP contribution >= 0.6 is 0 Å². The van der Waals surface area contributed by atoms with E-state index in [9.17, 15) is 4.79 Å². The third kappa shape index (κ3) is 2.83. The Morgan fingerprint density at radius 3 is 2.85 bits per heavy atom. The van der Waals surface area contributed by atoms with Gasteiger partial charge in [-0.15, -0.1) is 10.2 Å². The number of rotatable bonds is 3. The van der Waals surface area contributed by atoms with Crippen LogP contribution in [0.5, 0.6) is 0 Å². The summed E-state index contributed by atoms with van der Waals surface area (Å²) in [5, 5.41) is 19.0. The van der Waals surface area contributed by atoms with Gasteiger partial charge in [-0.05, 0) is 13.8 Å². The fourth-order valence-corrected chi connectivity index (χ4v) is 0.717. The van der Waals surface area contributed by atoms with E-state index >= 15 is 0 Å². The minimum Gasteiger partial charge on any atom is -0.392 e. The molecule has 0 aromatic carbocycles. The van der Waals surface area contributed by atoms with E-state index in [0.29, 0.717) is 12.2 Å². The lowest BCUT2D eigenvalue weighted by molar-refractivity contribution is 0.208. The number of aliphatic hydroxyl groups excluding tert-OH is 1. The molecule has 0 saturated carbocycles. The Hall–Kier alpha value is -1.43. The predicted octanol–water partition coefficient (Wildman–Crippen LogP) is -0.734. The molecule has 0 aliphatic rings. The number of nitrogens with zero attached hydrogens (tertiary/aromatic N) is 2. The molecule has 1 rings (SSSR count). The molecule has 6 heteroatoms. The molecule has 0 spiro atoms. The van der Waals surface area contributed by atoms with Crippen LogP contribution in [-0.4, -0.2) is 32.9 Å². The molecular formula is C7H12N4O2. The van der Waals surface area contributed by atoms with Gasteiger partial charge in [0.2, 0.25) is 5.95 Å². The number of H-pyrrole nitrogens is 1. The number of aliphatic hydroxyl groups is 1. The summed E-state index contributed by atoms with van der Waals surface area (Å²) >= 11 is 0. The fourth-order valence-electron chi connectivity index (χ4n) is 0.717. The Labute approximate surface area is 75.0 Å². The van der Waals surface area contributed by atoms with E-state index < -0.39 is 6.10 Å². The summed E-state index contributed by atoms with van der Waals surface area (Å²) in [6, 6.07) is 0. The van der Waals surface area contributed by atoms with Crippen molar-refractivity contribution >= 4 is 5.95 Å². The molecule has 0 radical (unpaired) electrons. The Morgan fingerprint density at radius 2 is 2.31 bits per heavy atom. The maximum Gasteiger partial charge on any atom is 0.273 e. The van der Waals surface area contributed by atoms with E-state index in [0.717, 1.165) is 0 Å². The first-order valence-electron chi connectivity index (χ1n) is 3.95. The number of aromatic nitrogens is 3. The van der Waals surface area contributed by atoms with Crippen molar-refractivity contribution in [2.24, 2.45) is 0 Å². The molecule has 0 aliphatic heterocycles.